The van der Waals surface area contributed by atoms with Crippen molar-refractivity contribution in [3.63, 3.8) is 0 Å². The fourth-order valence-electron chi connectivity index (χ4n) is 2.23. The topological polar surface area (TPSA) is 66.8 Å². The zero-order valence-corrected chi connectivity index (χ0v) is 11.2. The molecule has 94 valence electrons. The molecule has 1 aliphatic rings. The van der Waals surface area contributed by atoms with Gasteiger partial charge in [0, 0.05) is 31.7 Å². The average molecular weight is 310 g/mol. The van der Waals surface area contributed by atoms with Crippen LogP contribution in [0.5, 0.6) is 0 Å². The molecule has 7 heteroatoms. The van der Waals surface area contributed by atoms with E-state index in [4.69, 9.17) is 0 Å². The van der Waals surface area contributed by atoms with Gasteiger partial charge in [0.25, 0.3) is 5.56 Å². The van der Waals surface area contributed by atoms with Crippen molar-refractivity contribution >= 4 is 21.7 Å². The molecule has 1 fully saturated rings. The van der Waals surface area contributed by atoms with Crippen LogP contribution in [-0.4, -0.2) is 32.8 Å². The molecule has 0 aliphatic carbocycles. The van der Waals surface area contributed by atoms with E-state index >= 15 is 0 Å². The van der Waals surface area contributed by atoms with Crippen molar-refractivity contribution < 1.29 is 0 Å². The lowest BCUT2D eigenvalue weighted by Crippen LogP contribution is -2.28. The number of halogens is 1. The number of aromatic nitrogens is 4. The second kappa shape index (κ2) is 4.56. The summed E-state index contributed by atoms with van der Waals surface area (Å²) in [7, 11) is 0. The van der Waals surface area contributed by atoms with Crippen LogP contribution in [0.25, 0.3) is 0 Å². The molecule has 6 nitrogen and oxygen atoms in total. The van der Waals surface area contributed by atoms with Gasteiger partial charge >= 0.3 is 0 Å². The van der Waals surface area contributed by atoms with Gasteiger partial charge in [-0.3, -0.25) is 9.48 Å². The van der Waals surface area contributed by atoms with Crippen molar-refractivity contribution in [2.75, 3.05) is 18.0 Å². The van der Waals surface area contributed by atoms with Gasteiger partial charge in [0.15, 0.2) is 5.82 Å². The number of hydrogen-bond acceptors (Lipinski definition) is 4. The molecule has 0 radical (unpaired) electrons. The maximum absolute atomic E-state index is 11.7. The highest BCUT2D eigenvalue weighted by Crippen LogP contribution is 2.24. The molecule has 0 amide bonds. The second-order valence-electron chi connectivity index (χ2n) is 4.27. The SMILES string of the molecule is O=c1[nH]ccnc1N1CCC(n2cc(Br)cn2)C1. The number of anilines is 1. The van der Waals surface area contributed by atoms with Gasteiger partial charge in [0.1, 0.15) is 0 Å². The molecule has 0 aromatic carbocycles. The summed E-state index contributed by atoms with van der Waals surface area (Å²) < 4.78 is 2.90. The van der Waals surface area contributed by atoms with Crippen molar-refractivity contribution in [1.82, 2.24) is 19.7 Å². The minimum Gasteiger partial charge on any atom is -0.350 e. The number of H-pyrrole nitrogens is 1. The summed E-state index contributed by atoms with van der Waals surface area (Å²) in [5.41, 5.74) is -0.139. The minimum atomic E-state index is -0.139. The zero-order valence-electron chi connectivity index (χ0n) is 9.58. The molecule has 18 heavy (non-hydrogen) atoms. The van der Waals surface area contributed by atoms with Gasteiger partial charge < -0.3 is 9.88 Å². The monoisotopic (exact) mass is 309 g/mol. The summed E-state index contributed by atoms with van der Waals surface area (Å²) >= 11 is 3.39. The van der Waals surface area contributed by atoms with Gasteiger partial charge in [0.2, 0.25) is 0 Å². The Labute approximate surface area is 112 Å². The van der Waals surface area contributed by atoms with E-state index in [1.54, 1.807) is 18.6 Å². The smallest absolute Gasteiger partial charge is 0.290 e. The van der Waals surface area contributed by atoms with Crippen LogP contribution >= 0.6 is 15.9 Å². The van der Waals surface area contributed by atoms with Crippen molar-refractivity contribution in [1.29, 1.82) is 0 Å². The lowest BCUT2D eigenvalue weighted by Gasteiger charge is -2.16. The third kappa shape index (κ3) is 2.05. The molecule has 1 N–H and O–H groups in total. The van der Waals surface area contributed by atoms with Crippen LogP contribution in [0.4, 0.5) is 5.82 Å². The van der Waals surface area contributed by atoms with Crippen LogP contribution in [0.3, 0.4) is 0 Å². The lowest BCUT2D eigenvalue weighted by molar-refractivity contribution is 0.494. The van der Waals surface area contributed by atoms with Gasteiger partial charge in [-0.2, -0.15) is 5.10 Å². The molecule has 1 aliphatic heterocycles. The van der Waals surface area contributed by atoms with Crippen molar-refractivity contribution in [2.45, 2.75) is 12.5 Å². The molecule has 3 rings (SSSR count). The van der Waals surface area contributed by atoms with E-state index in [9.17, 15) is 4.79 Å². The highest BCUT2D eigenvalue weighted by Gasteiger charge is 2.26. The molecular formula is C11H12BrN5O. The Morgan fingerprint density at radius 3 is 3.11 bits per heavy atom. The summed E-state index contributed by atoms with van der Waals surface area (Å²) in [4.78, 5) is 20.4. The van der Waals surface area contributed by atoms with Gasteiger partial charge in [-0.05, 0) is 22.4 Å². The van der Waals surface area contributed by atoms with Gasteiger partial charge in [-0.1, -0.05) is 0 Å². The largest absolute Gasteiger partial charge is 0.350 e. The molecule has 1 atom stereocenters. The Hall–Kier alpha value is -1.63. The maximum atomic E-state index is 11.7. The van der Waals surface area contributed by atoms with Crippen LogP contribution in [0.15, 0.2) is 34.1 Å². The molecule has 2 aromatic rings. The first kappa shape index (κ1) is 11.5. The van der Waals surface area contributed by atoms with E-state index in [0.717, 1.165) is 24.0 Å². The number of aromatic amines is 1. The van der Waals surface area contributed by atoms with Gasteiger partial charge in [-0.15, -0.1) is 0 Å². The lowest BCUT2D eigenvalue weighted by atomic mass is 10.3. The Bertz CT molecular complexity index is 607. The molecule has 0 bridgehead atoms. The molecule has 2 aromatic heterocycles. The zero-order chi connectivity index (χ0) is 12.5. The van der Waals surface area contributed by atoms with E-state index in [-0.39, 0.29) is 11.6 Å². The van der Waals surface area contributed by atoms with Crippen LogP contribution in [0, 0.1) is 0 Å². The Kier molecular flexibility index (Phi) is 2.91. The normalized spacial score (nSPS) is 19.4. The van der Waals surface area contributed by atoms with E-state index in [1.807, 2.05) is 15.8 Å². The fourth-order valence-corrected chi connectivity index (χ4v) is 2.54. The van der Waals surface area contributed by atoms with E-state index < -0.39 is 0 Å². The maximum Gasteiger partial charge on any atom is 0.290 e. The number of rotatable bonds is 2. The van der Waals surface area contributed by atoms with E-state index in [2.05, 4.69) is 31.0 Å². The first-order valence-corrected chi connectivity index (χ1v) is 6.51. The summed E-state index contributed by atoms with van der Waals surface area (Å²) in [6, 6.07) is 0.290. The first-order valence-electron chi connectivity index (χ1n) is 5.72. The van der Waals surface area contributed by atoms with Gasteiger partial charge in [-0.25, -0.2) is 4.98 Å². The summed E-state index contributed by atoms with van der Waals surface area (Å²) in [5.74, 6) is 0.492. The fraction of sp³-hybridized carbons (Fsp3) is 0.364. The van der Waals surface area contributed by atoms with Crippen molar-refractivity contribution in [2.24, 2.45) is 0 Å². The van der Waals surface area contributed by atoms with Crippen LogP contribution in [0.2, 0.25) is 0 Å². The molecule has 1 unspecified atom stereocenters. The Morgan fingerprint density at radius 2 is 2.39 bits per heavy atom. The van der Waals surface area contributed by atoms with Crippen LogP contribution in [0.1, 0.15) is 12.5 Å². The average Bonchev–Trinajstić information content (AvgIpc) is 2.98. The number of nitrogens with one attached hydrogen (secondary N) is 1. The summed E-state index contributed by atoms with van der Waals surface area (Å²) in [6.07, 6.45) is 7.84. The molecule has 1 saturated heterocycles. The summed E-state index contributed by atoms with van der Waals surface area (Å²) in [5, 5.41) is 4.29. The highest BCUT2D eigenvalue weighted by molar-refractivity contribution is 9.10. The Morgan fingerprint density at radius 1 is 1.50 bits per heavy atom. The van der Waals surface area contributed by atoms with Crippen LogP contribution < -0.4 is 10.5 Å². The third-order valence-electron chi connectivity index (χ3n) is 3.10. The Balaban J connectivity index is 1.80. The second-order valence-corrected chi connectivity index (χ2v) is 5.18. The minimum absolute atomic E-state index is 0.139. The van der Waals surface area contributed by atoms with Crippen molar-refractivity contribution in [3.8, 4) is 0 Å². The van der Waals surface area contributed by atoms with Gasteiger partial charge in [0.05, 0.1) is 16.7 Å². The third-order valence-corrected chi connectivity index (χ3v) is 3.51. The van der Waals surface area contributed by atoms with Crippen LogP contribution in [-0.2, 0) is 0 Å². The predicted octanol–water partition coefficient (Wildman–Crippen LogP) is 1.18. The molecule has 0 saturated carbocycles. The quantitative estimate of drug-likeness (QED) is 0.904. The summed E-state index contributed by atoms with van der Waals surface area (Å²) in [6.45, 7) is 1.58. The van der Waals surface area contributed by atoms with E-state index in [1.165, 1.54) is 0 Å². The molecular weight excluding hydrogens is 298 g/mol. The number of hydrogen-bond donors (Lipinski definition) is 1. The standard InChI is InChI=1S/C11H12BrN5O/c12-8-5-15-17(6-8)9-1-4-16(7-9)10-11(18)14-3-2-13-10/h2-3,5-6,9H,1,4,7H2,(H,14,18). The number of nitrogens with zero attached hydrogens (tertiary/aromatic N) is 4. The van der Waals surface area contributed by atoms with E-state index in [0.29, 0.717) is 5.82 Å². The van der Waals surface area contributed by atoms with Crippen molar-refractivity contribution in [3.05, 3.63) is 39.6 Å². The molecule has 3 heterocycles. The highest BCUT2D eigenvalue weighted by atomic mass is 79.9. The molecule has 0 spiro atoms. The first-order chi connectivity index (χ1) is 8.74. The predicted molar refractivity (Wildman–Crippen MR) is 70.7 cm³/mol.